The first-order valence-corrected chi connectivity index (χ1v) is 10.2. The van der Waals surface area contributed by atoms with Crippen LogP contribution in [-0.2, 0) is 27.1 Å². The zero-order valence-electron chi connectivity index (χ0n) is 15.2. The highest BCUT2D eigenvalue weighted by molar-refractivity contribution is 7.16. The molecular formula is C19H25N3O3S. The van der Waals surface area contributed by atoms with Gasteiger partial charge in [-0.25, -0.2) is 0 Å². The van der Waals surface area contributed by atoms with E-state index >= 15 is 0 Å². The summed E-state index contributed by atoms with van der Waals surface area (Å²) in [5.74, 6) is 0.194. The third-order valence-corrected chi connectivity index (χ3v) is 6.84. The maximum Gasteiger partial charge on any atom is 0.239 e. The Morgan fingerprint density at radius 2 is 2.12 bits per heavy atom. The smallest absolute Gasteiger partial charge is 0.239 e. The van der Waals surface area contributed by atoms with Crippen LogP contribution in [0.5, 0.6) is 0 Å². The molecule has 1 aromatic heterocycles. The topological polar surface area (TPSA) is 74.6 Å². The lowest BCUT2D eigenvalue weighted by molar-refractivity contribution is -0.185. The molecule has 1 N–H and O–H groups in total. The van der Waals surface area contributed by atoms with Crippen LogP contribution in [0.15, 0.2) is 0 Å². The average molecular weight is 375 g/mol. The van der Waals surface area contributed by atoms with E-state index in [-0.39, 0.29) is 5.91 Å². The van der Waals surface area contributed by atoms with Crippen LogP contribution < -0.4 is 5.32 Å². The number of hydrogen-bond acceptors (Lipinski definition) is 6. The van der Waals surface area contributed by atoms with E-state index in [9.17, 15) is 10.1 Å². The lowest BCUT2D eigenvalue weighted by Gasteiger charge is -2.37. The number of carbonyl (C=O) groups excluding carboxylic acids is 1. The third kappa shape index (κ3) is 3.52. The summed E-state index contributed by atoms with van der Waals surface area (Å²) >= 11 is 1.58. The number of carbonyl (C=O) groups is 1. The van der Waals surface area contributed by atoms with Gasteiger partial charge in [0.25, 0.3) is 0 Å². The van der Waals surface area contributed by atoms with Gasteiger partial charge in [-0.2, -0.15) is 5.26 Å². The molecule has 2 aliphatic heterocycles. The summed E-state index contributed by atoms with van der Waals surface area (Å²) in [6, 6.07) is 2.31. The van der Waals surface area contributed by atoms with Crippen LogP contribution in [0.4, 0.5) is 5.00 Å². The number of nitrogens with zero attached hydrogens (tertiary/aromatic N) is 2. The van der Waals surface area contributed by atoms with Crippen molar-refractivity contribution >= 4 is 22.2 Å². The first-order valence-electron chi connectivity index (χ1n) is 9.43. The largest absolute Gasteiger partial charge is 0.347 e. The van der Waals surface area contributed by atoms with Crippen LogP contribution in [0.3, 0.4) is 0 Å². The second-order valence-corrected chi connectivity index (χ2v) is 8.70. The van der Waals surface area contributed by atoms with Gasteiger partial charge in [-0.3, -0.25) is 9.69 Å². The Bertz CT molecular complexity index is 723. The van der Waals surface area contributed by atoms with Gasteiger partial charge in [-0.1, -0.05) is 6.92 Å². The number of fused-ring (bicyclic) bond motifs is 1. The second kappa shape index (κ2) is 7.28. The number of piperidine rings is 1. The van der Waals surface area contributed by atoms with E-state index in [2.05, 4.69) is 23.2 Å². The minimum atomic E-state index is -0.412. The van der Waals surface area contributed by atoms with E-state index in [4.69, 9.17) is 9.47 Å². The van der Waals surface area contributed by atoms with Gasteiger partial charge in [0.15, 0.2) is 5.79 Å². The number of likely N-dealkylation sites (tertiary alicyclic amines) is 1. The second-order valence-electron chi connectivity index (χ2n) is 7.60. The molecule has 0 aromatic carbocycles. The highest BCUT2D eigenvalue weighted by Crippen LogP contribution is 2.39. The monoisotopic (exact) mass is 375 g/mol. The number of hydrogen-bond donors (Lipinski definition) is 1. The standard InChI is InChI=1S/C19H25N3O3S/c1-13-2-3-14-15(11-20)18(26-16(14)10-13)21-17(23)12-22-6-4-19(5-7-22)24-8-9-25-19/h13H,2-10,12H2,1H3,(H,21,23). The Hall–Kier alpha value is -1.46. The predicted octanol–water partition coefficient (Wildman–Crippen LogP) is 2.52. The molecule has 0 bridgehead atoms. The van der Waals surface area contributed by atoms with E-state index in [0.29, 0.717) is 31.2 Å². The quantitative estimate of drug-likeness (QED) is 0.879. The Morgan fingerprint density at radius 1 is 1.38 bits per heavy atom. The van der Waals surface area contributed by atoms with E-state index in [0.717, 1.165) is 55.8 Å². The SMILES string of the molecule is CC1CCc2c(sc(NC(=O)CN3CCC4(CC3)OCCO4)c2C#N)C1. The van der Waals surface area contributed by atoms with Crippen molar-refractivity contribution in [1.82, 2.24) is 4.90 Å². The molecule has 1 atom stereocenters. The molecule has 7 heteroatoms. The first-order chi connectivity index (χ1) is 12.6. The summed E-state index contributed by atoms with van der Waals surface area (Å²) in [6.07, 6.45) is 4.67. The molecule has 2 saturated heterocycles. The summed E-state index contributed by atoms with van der Waals surface area (Å²) in [5, 5.41) is 13.3. The van der Waals surface area contributed by atoms with Gasteiger partial charge in [0, 0.05) is 30.8 Å². The lowest BCUT2D eigenvalue weighted by Crippen LogP contribution is -2.47. The highest BCUT2D eigenvalue weighted by Gasteiger charge is 2.40. The maximum atomic E-state index is 12.5. The maximum absolute atomic E-state index is 12.5. The Morgan fingerprint density at radius 3 is 2.81 bits per heavy atom. The first kappa shape index (κ1) is 17.9. The van der Waals surface area contributed by atoms with Crippen molar-refractivity contribution < 1.29 is 14.3 Å². The van der Waals surface area contributed by atoms with Crippen LogP contribution in [0.2, 0.25) is 0 Å². The van der Waals surface area contributed by atoms with Crippen molar-refractivity contribution in [2.45, 2.75) is 44.8 Å². The van der Waals surface area contributed by atoms with Crippen LogP contribution in [0, 0.1) is 17.2 Å². The molecule has 6 nitrogen and oxygen atoms in total. The van der Waals surface area contributed by atoms with Gasteiger partial charge in [-0.05, 0) is 30.7 Å². The molecule has 0 saturated carbocycles. The molecule has 1 spiro atoms. The predicted molar refractivity (Wildman–Crippen MR) is 99.2 cm³/mol. The molecule has 2 fully saturated rings. The fraction of sp³-hybridized carbons (Fsp3) is 0.684. The third-order valence-electron chi connectivity index (χ3n) is 5.68. The summed E-state index contributed by atoms with van der Waals surface area (Å²) in [5.41, 5.74) is 1.83. The molecule has 140 valence electrons. The van der Waals surface area contributed by atoms with E-state index < -0.39 is 5.79 Å². The number of amides is 1. The molecule has 3 aliphatic rings. The minimum Gasteiger partial charge on any atom is -0.347 e. The van der Waals surface area contributed by atoms with Crippen LogP contribution >= 0.6 is 11.3 Å². The van der Waals surface area contributed by atoms with Crippen molar-refractivity contribution in [2.24, 2.45) is 5.92 Å². The Kier molecular flexibility index (Phi) is 5.02. The van der Waals surface area contributed by atoms with Crippen molar-refractivity contribution in [3.63, 3.8) is 0 Å². The number of thiophene rings is 1. The highest BCUT2D eigenvalue weighted by atomic mass is 32.1. The fourth-order valence-electron chi connectivity index (χ4n) is 4.16. The van der Waals surface area contributed by atoms with Crippen molar-refractivity contribution in [3.8, 4) is 6.07 Å². The number of anilines is 1. The average Bonchev–Trinajstić information content (AvgIpc) is 3.21. The van der Waals surface area contributed by atoms with Gasteiger partial charge in [0.1, 0.15) is 11.1 Å². The van der Waals surface area contributed by atoms with Crippen LogP contribution in [0.1, 0.15) is 42.2 Å². The number of ether oxygens (including phenoxy) is 2. The van der Waals surface area contributed by atoms with Crippen molar-refractivity contribution in [2.75, 3.05) is 38.2 Å². The molecule has 1 aliphatic carbocycles. The zero-order valence-corrected chi connectivity index (χ0v) is 16.0. The van der Waals surface area contributed by atoms with Gasteiger partial charge in [0.2, 0.25) is 5.91 Å². The van der Waals surface area contributed by atoms with Crippen molar-refractivity contribution in [3.05, 3.63) is 16.0 Å². The molecular weight excluding hydrogens is 350 g/mol. The molecule has 26 heavy (non-hydrogen) atoms. The summed E-state index contributed by atoms with van der Waals surface area (Å²) < 4.78 is 11.5. The molecule has 1 unspecified atom stereocenters. The normalized spacial score (nSPS) is 25.0. The molecule has 0 radical (unpaired) electrons. The summed E-state index contributed by atoms with van der Waals surface area (Å²) in [7, 11) is 0. The van der Waals surface area contributed by atoms with Gasteiger partial charge in [-0.15, -0.1) is 11.3 Å². The van der Waals surface area contributed by atoms with Gasteiger partial charge >= 0.3 is 0 Å². The fourth-order valence-corrected chi connectivity index (χ4v) is 5.54. The zero-order chi connectivity index (χ0) is 18.1. The van der Waals surface area contributed by atoms with E-state index in [1.165, 1.54) is 4.88 Å². The Labute approximate surface area is 158 Å². The van der Waals surface area contributed by atoms with Gasteiger partial charge in [0.05, 0.1) is 25.3 Å². The van der Waals surface area contributed by atoms with E-state index in [1.807, 2.05) is 0 Å². The number of rotatable bonds is 3. The van der Waals surface area contributed by atoms with Gasteiger partial charge < -0.3 is 14.8 Å². The molecule has 1 aromatic rings. The molecule has 4 rings (SSSR count). The molecule has 1 amide bonds. The lowest BCUT2D eigenvalue weighted by atomic mass is 9.89. The minimum absolute atomic E-state index is 0.0441. The van der Waals surface area contributed by atoms with Crippen LogP contribution in [0.25, 0.3) is 0 Å². The number of nitriles is 1. The Balaban J connectivity index is 1.36. The van der Waals surface area contributed by atoms with E-state index in [1.54, 1.807) is 11.3 Å². The molecule has 3 heterocycles. The van der Waals surface area contributed by atoms with Crippen LogP contribution in [-0.4, -0.2) is 49.4 Å². The van der Waals surface area contributed by atoms with Crippen molar-refractivity contribution in [1.29, 1.82) is 5.26 Å². The number of nitrogens with one attached hydrogen (secondary N) is 1. The summed E-state index contributed by atoms with van der Waals surface area (Å²) in [6.45, 7) is 5.50. The summed E-state index contributed by atoms with van der Waals surface area (Å²) in [4.78, 5) is 15.9.